The van der Waals surface area contributed by atoms with Crippen molar-refractivity contribution in [3.8, 4) is 6.07 Å². The van der Waals surface area contributed by atoms with Crippen LogP contribution in [0.5, 0.6) is 0 Å². The summed E-state index contributed by atoms with van der Waals surface area (Å²) in [5.74, 6) is 0.677. The van der Waals surface area contributed by atoms with Crippen molar-refractivity contribution in [2.45, 2.75) is 64.3 Å². The van der Waals surface area contributed by atoms with Gasteiger partial charge in [-0.2, -0.15) is 5.26 Å². The molecule has 1 aromatic carbocycles. The number of benzene rings is 1. The van der Waals surface area contributed by atoms with Crippen LogP contribution in [0.3, 0.4) is 0 Å². The third-order valence-corrected chi connectivity index (χ3v) is 7.97. The van der Waals surface area contributed by atoms with E-state index in [1.165, 1.54) is 49.2 Å². The summed E-state index contributed by atoms with van der Waals surface area (Å²) < 4.78 is 14.3. The van der Waals surface area contributed by atoms with E-state index in [0.29, 0.717) is 27.9 Å². The Morgan fingerprint density at radius 2 is 1.89 bits per heavy atom. The SMILES string of the molecule is CN(c1c(C#N)c(=O)n(C)c2ccc(Cl)nc12)C1CCCCC1.Cc1cc(F)ccc1NCC1CCC1. The van der Waals surface area contributed by atoms with Crippen LogP contribution in [0.15, 0.2) is 35.1 Å². The molecule has 2 saturated carbocycles. The van der Waals surface area contributed by atoms with Gasteiger partial charge >= 0.3 is 0 Å². The maximum absolute atomic E-state index is 12.8. The number of pyridine rings is 2. The maximum atomic E-state index is 12.8. The van der Waals surface area contributed by atoms with E-state index in [9.17, 15) is 14.4 Å². The van der Waals surface area contributed by atoms with E-state index in [1.807, 2.05) is 20.0 Å². The zero-order chi connectivity index (χ0) is 26.5. The summed E-state index contributed by atoms with van der Waals surface area (Å²) in [5.41, 5.74) is 3.83. The fourth-order valence-electron chi connectivity index (χ4n) is 5.24. The van der Waals surface area contributed by atoms with E-state index in [0.717, 1.165) is 36.6 Å². The molecular formula is C29H35ClFN5O. The number of fused-ring (bicyclic) bond motifs is 1. The Bertz CT molecular complexity index is 1360. The third-order valence-electron chi connectivity index (χ3n) is 7.76. The molecule has 8 heteroatoms. The lowest BCUT2D eigenvalue weighted by molar-refractivity contribution is 0.333. The highest BCUT2D eigenvalue weighted by Gasteiger charge is 2.25. The highest BCUT2D eigenvalue weighted by molar-refractivity contribution is 6.29. The van der Waals surface area contributed by atoms with Gasteiger partial charge in [0.25, 0.3) is 5.56 Å². The zero-order valence-electron chi connectivity index (χ0n) is 21.9. The molecule has 6 nitrogen and oxygen atoms in total. The average Bonchev–Trinajstić information content (AvgIpc) is 2.86. The fourth-order valence-corrected chi connectivity index (χ4v) is 5.39. The highest BCUT2D eigenvalue weighted by atomic mass is 35.5. The number of anilines is 2. The van der Waals surface area contributed by atoms with Crippen LogP contribution in [0.2, 0.25) is 5.15 Å². The van der Waals surface area contributed by atoms with Crippen LogP contribution < -0.4 is 15.8 Å². The van der Waals surface area contributed by atoms with E-state index in [-0.39, 0.29) is 16.9 Å². The lowest BCUT2D eigenvalue weighted by Crippen LogP contribution is -2.36. The van der Waals surface area contributed by atoms with Gasteiger partial charge in [-0.1, -0.05) is 37.3 Å². The summed E-state index contributed by atoms with van der Waals surface area (Å²) in [6, 6.07) is 10.8. The molecule has 0 atom stereocenters. The molecule has 2 aliphatic rings. The summed E-state index contributed by atoms with van der Waals surface area (Å²) in [4.78, 5) is 19.0. The first-order valence-corrected chi connectivity index (χ1v) is 13.5. The quantitative estimate of drug-likeness (QED) is 0.383. The van der Waals surface area contributed by atoms with E-state index < -0.39 is 0 Å². The zero-order valence-corrected chi connectivity index (χ0v) is 22.6. The van der Waals surface area contributed by atoms with Gasteiger partial charge in [0.1, 0.15) is 28.1 Å². The minimum absolute atomic E-state index is 0.142. The van der Waals surface area contributed by atoms with E-state index in [2.05, 4.69) is 21.3 Å². The van der Waals surface area contributed by atoms with Gasteiger partial charge in [0.15, 0.2) is 0 Å². The summed E-state index contributed by atoms with van der Waals surface area (Å²) in [6.07, 6.45) is 9.78. The largest absolute Gasteiger partial charge is 0.385 e. The monoisotopic (exact) mass is 523 g/mol. The Morgan fingerprint density at radius 3 is 2.51 bits per heavy atom. The van der Waals surface area contributed by atoms with Gasteiger partial charge in [0.05, 0.1) is 11.2 Å². The van der Waals surface area contributed by atoms with Crippen molar-refractivity contribution >= 4 is 34.0 Å². The Hall–Kier alpha value is -3.11. The van der Waals surface area contributed by atoms with Crippen molar-refractivity contribution in [3.63, 3.8) is 0 Å². The molecule has 2 aliphatic carbocycles. The number of hydrogen-bond acceptors (Lipinski definition) is 5. The minimum Gasteiger partial charge on any atom is -0.385 e. The molecule has 3 aromatic rings. The highest BCUT2D eigenvalue weighted by Crippen LogP contribution is 2.32. The number of aryl methyl sites for hydroxylation is 2. The lowest BCUT2D eigenvalue weighted by atomic mass is 9.85. The molecule has 2 heterocycles. The minimum atomic E-state index is -0.290. The second-order valence-corrected chi connectivity index (χ2v) is 10.6. The molecule has 5 rings (SSSR count). The Labute approximate surface area is 223 Å². The number of rotatable bonds is 5. The van der Waals surface area contributed by atoms with Gasteiger partial charge in [-0.05, 0) is 74.4 Å². The molecule has 2 fully saturated rings. The normalized spacial score (nSPS) is 15.9. The smallest absolute Gasteiger partial charge is 0.270 e. The van der Waals surface area contributed by atoms with E-state index in [4.69, 9.17) is 11.6 Å². The van der Waals surface area contributed by atoms with Crippen LogP contribution in [0.25, 0.3) is 11.0 Å². The average molecular weight is 524 g/mol. The van der Waals surface area contributed by atoms with Gasteiger partial charge in [-0.25, -0.2) is 9.37 Å². The molecule has 1 N–H and O–H groups in total. The molecule has 0 amide bonds. The van der Waals surface area contributed by atoms with Crippen LogP contribution in [0, 0.1) is 30.0 Å². The van der Waals surface area contributed by atoms with Crippen molar-refractivity contribution in [1.82, 2.24) is 9.55 Å². The Balaban J connectivity index is 0.000000195. The standard InChI is InChI=1S/C17H19ClN4O.C12H16FN/c1-21(11-6-4-3-5-7-11)16-12(10-19)17(23)22(2)13-8-9-14(18)20-15(13)16;1-9-7-11(13)5-6-12(9)14-8-10-3-2-4-10/h8-9,11H,3-7H2,1-2H3;5-7,10,14H,2-4,8H2,1H3. The number of aromatic nitrogens is 2. The van der Waals surface area contributed by atoms with Crippen molar-refractivity contribution in [1.29, 1.82) is 5.26 Å². The lowest BCUT2D eigenvalue weighted by Gasteiger charge is -2.33. The molecule has 0 saturated heterocycles. The number of hydrogen-bond donors (Lipinski definition) is 1. The number of nitrogens with one attached hydrogen (secondary N) is 1. The van der Waals surface area contributed by atoms with Gasteiger partial charge in [-0.15, -0.1) is 0 Å². The van der Waals surface area contributed by atoms with Crippen LogP contribution >= 0.6 is 11.6 Å². The number of nitrogens with zero attached hydrogens (tertiary/aromatic N) is 4. The molecule has 0 aliphatic heterocycles. The second-order valence-electron chi connectivity index (χ2n) is 10.2. The Morgan fingerprint density at radius 1 is 1.16 bits per heavy atom. The van der Waals surface area contributed by atoms with Crippen LogP contribution in [-0.4, -0.2) is 29.2 Å². The van der Waals surface area contributed by atoms with Gasteiger partial charge in [0.2, 0.25) is 0 Å². The first kappa shape index (κ1) is 26.9. The van der Waals surface area contributed by atoms with Crippen LogP contribution in [0.4, 0.5) is 15.8 Å². The first-order valence-electron chi connectivity index (χ1n) is 13.1. The number of nitriles is 1. The van der Waals surface area contributed by atoms with Gasteiger partial charge in [-0.3, -0.25) is 4.79 Å². The predicted molar refractivity (Wildman–Crippen MR) is 149 cm³/mol. The molecule has 0 radical (unpaired) electrons. The van der Waals surface area contributed by atoms with Crippen LogP contribution in [0.1, 0.15) is 62.5 Å². The fraction of sp³-hybridized carbons (Fsp3) is 0.483. The maximum Gasteiger partial charge on any atom is 0.270 e. The van der Waals surface area contributed by atoms with Crippen molar-refractivity contribution < 1.29 is 4.39 Å². The molecule has 0 spiro atoms. The summed E-state index contributed by atoms with van der Waals surface area (Å²) in [7, 11) is 3.61. The van der Waals surface area contributed by atoms with E-state index in [1.54, 1.807) is 25.2 Å². The molecule has 196 valence electrons. The number of halogens is 2. The molecular weight excluding hydrogens is 489 g/mol. The Kier molecular flexibility index (Phi) is 8.71. The molecule has 0 unspecified atom stereocenters. The molecule has 0 bridgehead atoms. The summed E-state index contributed by atoms with van der Waals surface area (Å²) in [6.45, 7) is 2.97. The van der Waals surface area contributed by atoms with Gasteiger partial charge in [0, 0.05) is 32.4 Å². The van der Waals surface area contributed by atoms with Crippen LogP contribution in [-0.2, 0) is 7.05 Å². The first-order chi connectivity index (χ1) is 17.8. The van der Waals surface area contributed by atoms with Crippen molar-refractivity contribution in [2.24, 2.45) is 13.0 Å². The third kappa shape index (κ3) is 6.07. The topological polar surface area (TPSA) is 74.0 Å². The van der Waals surface area contributed by atoms with Crippen molar-refractivity contribution in [3.05, 3.63) is 62.8 Å². The van der Waals surface area contributed by atoms with Gasteiger partial charge < -0.3 is 14.8 Å². The van der Waals surface area contributed by atoms with E-state index >= 15 is 0 Å². The molecule has 37 heavy (non-hydrogen) atoms. The molecule has 2 aromatic heterocycles. The predicted octanol–water partition coefficient (Wildman–Crippen LogP) is 6.57. The summed E-state index contributed by atoms with van der Waals surface area (Å²) >= 11 is 6.07. The van der Waals surface area contributed by atoms with Crippen molar-refractivity contribution in [2.75, 3.05) is 23.8 Å². The summed E-state index contributed by atoms with van der Waals surface area (Å²) in [5, 5.41) is 13.3. The second kappa shape index (κ2) is 12.0.